The van der Waals surface area contributed by atoms with Gasteiger partial charge in [0.25, 0.3) is 0 Å². The Kier molecular flexibility index (Phi) is 20.3. The van der Waals surface area contributed by atoms with Crippen LogP contribution in [-0.4, -0.2) is 36.7 Å². The van der Waals surface area contributed by atoms with Gasteiger partial charge in [-0.05, 0) is 6.42 Å². The van der Waals surface area contributed by atoms with Gasteiger partial charge in [0, 0.05) is 0 Å². The number of ether oxygens (including phenoxy) is 1. The molecule has 160 valence electrons. The van der Waals surface area contributed by atoms with Gasteiger partial charge in [-0.1, -0.05) is 103 Å². The minimum Gasteiger partial charge on any atom is -0.480 e. The maximum atomic E-state index is 11.3. The van der Waals surface area contributed by atoms with Crippen molar-refractivity contribution in [2.45, 2.75) is 110 Å². The lowest BCUT2D eigenvalue weighted by molar-refractivity contribution is -0.142. The van der Waals surface area contributed by atoms with Crippen LogP contribution in [0, 0.1) is 0 Å². The molecule has 0 amide bonds. The topological polar surface area (TPSA) is 75.6 Å². The molecule has 0 aromatic carbocycles. The van der Waals surface area contributed by atoms with Crippen molar-refractivity contribution in [1.82, 2.24) is 5.32 Å². The molecule has 5 heteroatoms. The summed E-state index contributed by atoms with van der Waals surface area (Å²) < 4.78 is 5.05. The monoisotopic (exact) mass is 385 g/mol. The van der Waals surface area contributed by atoms with E-state index in [0.717, 1.165) is 12.8 Å². The third-order valence-electron chi connectivity index (χ3n) is 4.81. The summed E-state index contributed by atoms with van der Waals surface area (Å²) in [6.07, 6.45) is 21.1. The lowest BCUT2D eigenvalue weighted by Gasteiger charge is -2.05. The van der Waals surface area contributed by atoms with Gasteiger partial charge in [0.1, 0.15) is 0 Å². The molecule has 0 spiro atoms. The molecular formula is C22H43NO4. The Hall–Kier alpha value is -1.10. The fourth-order valence-corrected chi connectivity index (χ4v) is 3.16. The molecule has 0 fully saturated rings. The van der Waals surface area contributed by atoms with E-state index in [1.165, 1.54) is 89.9 Å². The molecule has 0 saturated carbocycles. The van der Waals surface area contributed by atoms with Crippen LogP contribution in [0.3, 0.4) is 0 Å². The van der Waals surface area contributed by atoms with E-state index in [2.05, 4.69) is 12.2 Å². The molecule has 0 bridgehead atoms. The van der Waals surface area contributed by atoms with Gasteiger partial charge in [0.15, 0.2) is 0 Å². The summed E-state index contributed by atoms with van der Waals surface area (Å²) >= 11 is 0. The van der Waals surface area contributed by atoms with Crippen molar-refractivity contribution in [2.24, 2.45) is 0 Å². The number of rotatable bonds is 21. The van der Waals surface area contributed by atoms with Crippen molar-refractivity contribution in [3.63, 3.8) is 0 Å². The average Bonchev–Trinajstić information content (AvgIpc) is 2.64. The molecule has 0 aliphatic rings. The van der Waals surface area contributed by atoms with E-state index in [1.54, 1.807) is 0 Å². The number of carboxylic acids is 1. The van der Waals surface area contributed by atoms with Gasteiger partial charge in [0.05, 0.1) is 19.7 Å². The third kappa shape index (κ3) is 22.9. The second-order valence-corrected chi connectivity index (χ2v) is 7.52. The molecule has 0 aliphatic heterocycles. The van der Waals surface area contributed by atoms with Crippen molar-refractivity contribution in [3.8, 4) is 0 Å². The van der Waals surface area contributed by atoms with E-state index in [4.69, 9.17) is 9.84 Å². The Labute approximate surface area is 166 Å². The second-order valence-electron chi connectivity index (χ2n) is 7.52. The molecule has 0 rings (SSSR count). The number of hydrogen-bond acceptors (Lipinski definition) is 4. The molecule has 0 aromatic rings. The van der Waals surface area contributed by atoms with E-state index in [9.17, 15) is 9.59 Å². The SMILES string of the molecule is CCCCCCCCCCCCCCCCCCOC(=O)CNCC(=O)O. The summed E-state index contributed by atoms with van der Waals surface area (Å²) in [5.41, 5.74) is 0. The average molecular weight is 386 g/mol. The van der Waals surface area contributed by atoms with Crippen LogP contribution in [0.5, 0.6) is 0 Å². The largest absolute Gasteiger partial charge is 0.480 e. The highest BCUT2D eigenvalue weighted by molar-refractivity contribution is 5.73. The highest BCUT2D eigenvalue weighted by Crippen LogP contribution is 2.13. The summed E-state index contributed by atoms with van der Waals surface area (Å²) in [7, 11) is 0. The zero-order chi connectivity index (χ0) is 20.0. The summed E-state index contributed by atoms with van der Waals surface area (Å²) in [6.45, 7) is 2.45. The van der Waals surface area contributed by atoms with Crippen molar-refractivity contribution in [2.75, 3.05) is 19.7 Å². The summed E-state index contributed by atoms with van der Waals surface area (Å²) in [6, 6.07) is 0. The first kappa shape index (κ1) is 25.9. The van der Waals surface area contributed by atoms with Crippen molar-refractivity contribution < 1.29 is 19.4 Å². The van der Waals surface area contributed by atoms with E-state index in [-0.39, 0.29) is 19.1 Å². The van der Waals surface area contributed by atoms with E-state index >= 15 is 0 Å². The normalized spacial score (nSPS) is 10.9. The molecule has 0 radical (unpaired) electrons. The Balaban J connectivity index is 3.10. The van der Waals surface area contributed by atoms with Gasteiger partial charge in [-0.25, -0.2) is 0 Å². The molecule has 0 aromatic heterocycles. The molecule has 0 atom stereocenters. The van der Waals surface area contributed by atoms with Crippen molar-refractivity contribution in [1.29, 1.82) is 0 Å². The van der Waals surface area contributed by atoms with Gasteiger partial charge in [-0.2, -0.15) is 0 Å². The van der Waals surface area contributed by atoms with Gasteiger partial charge < -0.3 is 9.84 Å². The molecule has 0 saturated heterocycles. The Morgan fingerprint density at radius 2 is 1.07 bits per heavy atom. The first-order valence-corrected chi connectivity index (χ1v) is 11.2. The standard InChI is InChI=1S/C22H43NO4/c1-2-3-4-5-6-7-8-9-10-11-12-13-14-15-16-17-18-27-22(26)20-23-19-21(24)25/h23H,2-20H2,1H3,(H,24,25). The summed E-state index contributed by atoms with van der Waals surface area (Å²) in [5.74, 6) is -1.35. The number of unbranched alkanes of at least 4 members (excludes halogenated alkanes) is 15. The zero-order valence-corrected chi connectivity index (χ0v) is 17.6. The predicted octanol–water partition coefficient (Wildman–Crippen LogP) is 5.47. The lowest BCUT2D eigenvalue weighted by Crippen LogP contribution is -2.29. The molecule has 2 N–H and O–H groups in total. The van der Waals surface area contributed by atoms with Gasteiger partial charge in [-0.3, -0.25) is 14.9 Å². The fraction of sp³-hybridized carbons (Fsp3) is 0.909. The molecule has 0 heterocycles. The predicted molar refractivity (Wildman–Crippen MR) is 111 cm³/mol. The minimum atomic E-state index is -0.972. The van der Waals surface area contributed by atoms with Crippen LogP contribution in [0.4, 0.5) is 0 Å². The van der Waals surface area contributed by atoms with Crippen molar-refractivity contribution >= 4 is 11.9 Å². The zero-order valence-electron chi connectivity index (χ0n) is 17.6. The number of carbonyl (C=O) groups is 2. The molecule has 0 unspecified atom stereocenters. The first-order chi connectivity index (χ1) is 13.2. The van der Waals surface area contributed by atoms with Gasteiger partial charge in [-0.15, -0.1) is 0 Å². The number of carboxylic acid groups (broad SMARTS) is 1. The molecule has 27 heavy (non-hydrogen) atoms. The highest BCUT2D eigenvalue weighted by atomic mass is 16.5. The number of nitrogens with one attached hydrogen (secondary N) is 1. The number of esters is 1. The van der Waals surface area contributed by atoms with Crippen LogP contribution in [0.25, 0.3) is 0 Å². The molecule has 5 nitrogen and oxygen atoms in total. The minimum absolute atomic E-state index is 0.0366. The Morgan fingerprint density at radius 3 is 1.48 bits per heavy atom. The number of carbonyl (C=O) groups excluding carboxylic acids is 1. The Morgan fingerprint density at radius 1 is 0.667 bits per heavy atom. The summed E-state index contributed by atoms with van der Waals surface area (Å²) in [4.78, 5) is 21.6. The lowest BCUT2D eigenvalue weighted by atomic mass is 10.0. The second kappa shape index (κ2) is 21.2. The molecule has 0 aliphatic carbocycles. The number of hydrogen-bond donors (Lipinski definition) is 2. The maximum absolute atomic E-state index is 11.3. The van der Waals surface area contributed by atoms with Crippen LogP contribution >= 0.6 is 0 Å². The van der Waals surface area contributed by atoms with Crippen LogP contribution in [0.1, 0.15) is 110 Å². The number of aliphatic carboxylic acids is 1. The van der Waals surface area contributed by atoms with E-state index < -0.39 is 5.97 Å². The van der Waals surface area contributed by atoms with E-state index in [0.29, 0.717) is 6.61 Å². The Bertz CT molecular complexity index is 347. The van der Waals surface area contributed by atoms with Crippen LogP contribution < -0.4 is 5.32 Å². The van der Waals surface area contributed by atoms with Crippen LogP contribution in [0.15, 0.2) is 0 Å². The van der Waals surface area contributed by atoms with Crippen LogP contribution in [0.2, 0.25) is 0 Å². The highest BCUT2D eigenvalue weighted by Gasteiger charge is 2.03. The first-order valence-electron chi connectivity index (χ1n) is 11.2. The fourth-order valence-electron chi connectivity index (χ4n) is 3.16. The maximum Gasteiger partial charge on any atom is 0.319 e. The van der Waals surface area contributed by atoms with Crippen molar-refractivity contribution in [3.05, 3.63) is 0 Å². The van der Waals surface area contributed by atoms with E-state index in [1.807, 2.05) is 0 Å². The van der Waals surface area contributed by atoms with Gasteiger partial charge >= 0.3 is 11.9 Å². The smallest absolute Gasteiger partial charge is 0.319 e. The third-order valence-corrected chi connectivity index (χ3v) is 4.81. The van der Waals surface area contributed by atoms with Crippen LogP contribution in [-0.2, 0) is 14.3 Å². The van der Waals surface area contributed by atoms with Gasteiger partial charge in [0.2, 0.25) is 0 Å². The molecular weight excluding hydrogens is 342 g/mol. The quantitative estimate of drug-likeness (QED) is 0.202. The summed E-state index contributed by atoms with van der Waals surface area (Å²) in [5, 5.41) is 11.0.